The maximum atomic E-state index is 11.3. The lowest BCUT2D eigenvalue weighted by Crippen LogP contribution is -2.28. The number of hydrogen-bond donors (Lipinski definition) is 3. The summed E-state index contributed by atoms with van der Waals surface area (Å²) in [6.45, 7) is 5.31. The van der Waals surface area contributed by atoms with Gasteiger partial charge in [-0.3, -0.25) is 5.32 Å². The van der Waals surface area contributed by atoms with Crippen molar-refractivity contribution in [2.75, 3.05) is 11.9 Å². The third-order valence-electron chi connectivity index (χ3n) is 3.10. The summed E-state index contributed by atoms with van der Waals surface area (Å²) >= 11 is 0. The fourth-order valence-corrected chi connectivity index (χ4v) is 2.11. The quantitative estimate of drug-likeness (QED) is 0.758. The molecule has 0 aliphatic heterocycles. The van der Waals surface area contributed by atoms with Crippen LogP contribution in [0.15, 0.2) is 30.3 Å². The third kappa shape index (κ3) is 4.23. The number of carbonyl (C=O) groups excluding carboxylic acids is 1. The molecule has 0 radical (unpaired) electrons. The first-order valence-electron chi connectivity index (χ1n) is 7.40. The zero-order chi connectivity index (χ0) is 17.0. The molecular weight excluding hydrogens is 296 g/mol. The number of anilines is 1. The van der Waals surface area contributed by atoms with E-state index in [-0.39, 0.29) is 6.61 Å². The van der Waals surface area contributed by atoms with E-state index in [0.29, 0.717) is 18.1 Å². The highest BCUT2D eigenvalue weighted by Crippen LogP contribution is 2.30. The van der Waals surface area contributed by atoms with Gasteiger partial charge in [0, 0.05) is 0 Å². The highest BCUT2D eigenvalue weighted by atomic mass is 16.5. The first-order valence-corrected chi connectivity index (χ1v) is 7.40. The Balaban J connectivity index is 2.47. The number of nitrogens with two attached hydrogens (primary N) is 1. The molecule has 7 nitrogen and oxygen atoms in total. The predicted octanol–water partition coefficient (Wildman–Crippen LogP) is 2.07. The number of carbonyl (C=O) groups is 1. The first-order chi connectivity index (χ1) is 10.8. The molecule has 2 amide bonds. The van der Waals surface area contributed by atoms with Crippen LogP contribution in [0, 0.1) is 0 Å². The van der Waals surface area contributed by atoms with Crippen LogP contribution in [0.5, 0.6) is 5.88 Å². The van der Waals surface area contributed by atoms with Gasteiger partial charge in [-0.2, -0.15) is 0 Å². The summed E-state index contributed by atoms with van der Waals surface area (Å²) in [7, 11) is 0. The second-order valence-electron chi connectivity index (χ2n) is 5.82. The highest BCUT2D eigenvalue weighted by molar-refractivity contribution is 5.88. The van der Waals surface area contributed by atoms with Crippen LogP contribution < -0.4 is 15.8 Å². The van der Waals surface area contributed by atoms with Gasteiger partial charge in [0.1, 0.15) is 12.4 Å². The molecular formula is C16H22N4O3. The summed E-state index contributed by atoms with van der Waals surface area (Å²) in [5, 5.41) is 16.9. The Morgan fingerprint density at radius 2 is 2.04 bits per heavy atom. The summed E-state index contributed by atoms with van der Waals surface area (Å²) < 4.78 is 7.22. The largest absolute Gasteiger partial charge is 0.473 e. The molecule has 4 N–H and O–H groups in total. The molecule has 0 fully saturated rings. The fourth-order valence-electron chi connectivity index (χ4n) is 2.11. The van der Waals surface area contributed by atoms with Gasteiger partial charge in [0.05, 0.1) is 16.9 Å². The molecule has 0 aliphatic rings. The number of para-hydroxylation sites is 1. The SMILES string of the molecule is CCc1c(OCC(C)(C)O)nn(-c2ccccc2)c1NC(N)=O. The average molecular weight is 318 g/mol. The zero-order valence-electron chi connectivity index (χ0n) is 13.5. The Bertz CT molecular complexity index is 675. The number of benzene rings is 1. The van der Waals surface area contributed by atoms with Crippen molar-refractivity contribution >= 4 is 11.8 Å². The molecule has 0 atom stereocenters. The molecule has 1 aromatic carbocycles. The van der Waals surface area contributed by atoms with Crippen molar-refractivity contribution in [2.24, 2.45) is 5.73 Å². The smallest absolute Gasteiger partial charge is 0.317 e. The van der Waals surface area contributed by atoms with Gasteiger partial charge in [-0.05, 0) is 32.4 Å². The summed E-state index contributed by atoms with van der Waals surface area (Å²) in [6.07, 6.45) is 0.587. The lowest BCUT2D eigenvalue weighted by molar-refractivity contribution is 0.0264. The van der Waals surface area contributed by atoms with Crippen LogP contribution in [-0.4, -0.2) is 33.1 Å². The lowest BCUT2D eigenvalue weighted by Gasteiger charge is -2.16. The van der Waals surface area contributed by atoms with E-state index in [1.165, 1.54) is 0 Å². The van der Waals surface area contributed by atoms with Crippen molar-refractivity contribution in [1.82, 2.24) is 9.78 Å². The minimum Gasteiger partial charge on any atom is -0.473 e. The summed E-state index contributed by atoms with van der Waals surface area (Å²) in [5.41, 5.74) is 5.78. The van der Waals surface area contributed by atoms with Crippen LogP contribution in [0.25, 0.3) is 5.69 Å². The number of hydrogen-bond acceptors (Lipinski definition) is 4. The molecule has 1 aromatic heterocycles. The van der Waals surface area contributed by atoms with Crippen LogP contribution in [0.3, 0.4) is 0 Å². The van der Waals surface area contributed by atoms with Crippen LogP contribution in [0.1, 0.15) is 26.3 Å². The molecule has 124 valence electrons. The van der Waals surface area contributed by atoms with Gasteiger partial charge in [0.25, 0.3) is 0 Å². The minimum atomic E-state index is -0.987. The lowest BCUT2D eigenvalue weighted by atomic mass is 10.2. The number of primary amides is 1. The Kier molecular flexibility index (Phi) is 4.90. The van der Waals surface area contributed by atoms with E-state index in [1.54, 1.807) is 18.5 Å². The maximum absolute atomic E-state index is 11.3. The van der Waals surface area contributed by atoms with Gasteiger partial charge in [0.15, 0.2) is 0 Å². The Hall–Kier alpha value is -2.54. The van der Waals surface area contributed by atoms with E-state index in [0.717, 1.165) is 11.3 Å². The van der Waals surface area contributed by atoms with Crippen LogP contribution in [-0.2, 0) is 6.42 Å². The van der Waals surface area contributed by atoms with E-state index in [9.17, 15) is 9.90 Å². The number of urea groups is 1. The molecule has 2 rings (SSSR count). The number of rotatable bonds is 6. The predicted molar refractivity (Wildman–Crippen MR) is 87.9 cm³/mol. The number of aliphatic hydroxyl groups is 1. The van der Waals surface area contributed by atoms with E-state index in [4.69, 9.17) is 10.5 Å². The number of aromatic nitrogens is 2. The summed E-state index contributed by atoms with van der Waals surface area (Å²) in [4.78, 5) is 11.3. The zero-order valence-corrected chi connectivity index (χ0v) is 13.5. The van der Waals surface area contributed by atoms with E-state index in [2.05, 4.69) is 10.4 Å². The van der Waals surface area contributed by atoms with Crippen LogP contribution >= 0.6 is 0 Å². The van der Waals surface area contributed by atoms with Gasteiger partial charge in [-0.1, -0.05) is 25.1 Å². The Morgan fingerprint density at radius 1 is 1.39 bits per heavy atom. The highest BCUT2D eigenvalue weighted by Gasteiger charge is 2.22. The molecule has 0 saturated carbocycles. The number of amides is 2. The summed E-state index contributed by atoms with van der Waals surface area (Å²) in [5.74, 6) is 0.833. The van der Waals surface area contributed by atoms with Crippen molar-refractivity contribution in [1.29, 1.82) is 0 Å². The monoisotopic (exact) mass is 318 g/mol. The van der Waals surface area contributed by atoms with Gasteiger partial charge >= 0.3 is 6.03 Å². The van der Waals surface area contributed by atoms with Gasteiger partial charge < -0.3 is 15.6 Å². The molecule has 0 aliphatic carbocycles. The molecule has 1 heterocycles. The molecule has 0 bridgehead atoms. The van der Waals surface area contributed by atoms with Crippen molar-refractivity contribution < 1.29 is 14.6 Å². The van der Waals surface area contributed by atoms with Gasteiger partial charge in [-0.25, -0.2) is 9.48 Å². The minimum absolute atomic E-state index is 0.0851. The Labute approximate surface area is 135 Å². The molecule has 2 aromatic rings. The molecule has 0 unspecified atom stereocenters. The van der Waals surface area contributed by atoms with E-state index in [1.807, 2.05) is 37.3 Å². The first kappa shape index (κ1) is 16.8. The summed E-state index contributed by atoms with van der Waals surface area (Å²) in [6, 6.07) is 8.67. The normalized spacial score (nSPS) is 11.3. The number of nitrogens with one attached hydrogen (secondary N) is 1. The molecule has 0 spiro atoms. The second-order valence-corrected chi connectivity index (χ2v) is 5.82. The molecule has 23 heavy (non-hydrogen) atoms. The topological polar surface area (TPSA) is 102 Å². The van der Waals surface area contributed by atoms with Gasteiger partial charge in [-0.15, -0.1) is 5.10 Å². The van der Waals surface area contributed by atoms with E-state index >= 15 is 0 Å². The van der Waals surface area contributed by atoms with Crippen molar-refractivity contribution in [3.8, 4) is 11.6 Å². The Morgan fingerprint density at radius 3 is 2.57 bits per heavy atom. The number of nitrogens with zero attached hydrogens (tertiary/aromatic N) is 2. The van der Waals surface area contributed by atoms with Crippen LogP contribution in [0.4, 0.5) is 10.6 Å². The number of ether oxygens (including phenoxy) is 1. The van der Waals surface area contributed by atoms with E-state index < -0.39 is 11.6 Å². The second kappa shape index (κ2) is 6.70. The maximum Gasteiger partial charge on any atom is 0.317 e. The third-order valence-corrected chi connectivity index (χ3v) is 3.10. The average Bonchev–Trinajstić information content (AvgIpc) is 2.82. The standard InChI is InChI=1S/C16H22N4O3/c1-4-12-13(18-15(17)21)20(11-8-6-5-7-9-11)19-14(12)23-10-16(2,3)22/h5-9,22H,4,10H2,1-3H3,(H3,17,18,21). The van der Waals surface area contributed by atoms with Crippen molar-refractivity contribution in [3.63, 3.8) is 0 Å². The van der Waals surface area contributed by atoms with Gasteiger partial charge in [0.2, 0.25) is 5.88 Å². The van der Waals surface area contributed by atoms with Crippen molar-refractivity contribution in [2.45, 2.75) is 32.8 Å². The molecule has 0 saturated heterocycles. The fraction of sp³-hybridized carbons (Fsp3) is 0.375. The van der Waals surface area contributed by atoms with Crippen molar-refractivity contribution in [3.05, 3.63) is 35.9 Å². The molecule has 7 heteroatoms. The van der Waals surface area contributed by atoms with Crippen LogP contribution in [0.2, 0.25) is 0 Å².